The van der Waals surface area contributed by atoms with Crippen molar-refractivity contribution in [2.75, 3.05) is 47.5 Å². The molecule has 2 unspecified atom stereocenters. The fourth-order valence-corrected chi connectivity index (χ4v) is 10.3. The highest BCUT2D eigenvalue weighted by atomic mass is 16.7. The van der Waals surface area contributed by atoms with E-state index in [-0.39, 0.29) is 32.2 Å². The zero-order chi connectivity index (χ0) is 67.5. The molecule has 0 aliphatic rings. The second-order valence-electron chi connectivity index (χ2n) is 26.2. The maximum Gasteiger partial charge on any atom is 0.361 e. The molecule has 0 spiro atoms. The van der Waals surface area contributed by atoms with Crippen LogP contribution in [0, 0.1) is 0 Å². The van der Waals surface area contributed by atoms with Crippen LogP contribution in [0.5, 0.6) is 0 Å². The quantitative estimate of drug-likeness (QED) is 0.0211. The van der Waals surface area contributed by atoms with Gasteiger partial charge >= 0.3 is 17.9 Å². The summed E-state index contributed by atoms with van der Waals surface area (Å²) in [5.41, 5.74) is 0. The standard InChI is InChI=1S/C84H141NO8/c1-6-8-10-12-14-16-18-20-22-24-26-28-30-32-34-36-38-39-40-41-42-43-45-47-49-51-53-55-57-59-61-63-65-67-69-71-73-75-82(87)93-80(79-92-84(83(88)89)90-77-76-85(3,4)5)78-91-81(86)74-72-70-68-66-64-62-60-58-56-54-52-50-48-46-44-37-35-33-31-29-27-25-23-21-19-17-15-13-11-9-7-2/h8,10,14,16,19-22,25-28,32,34,38-39,41-42,45,47,51,53,57,59,80,84H,6-7,9,11-13,15,17-18,23-24,29-31,33,35-37,40,43-44,46,48-50,52,54-56,58,60-79H2,1-5H3/p+1/b10-8-,16-14-,21-19-,22-20-,27-25-,28-26-,34-32-,39-38-,42-41-,47-45-,53-51-,59-57-. The van der Waals surface area contributed by atoms with Crippen molar-refractivity contribution in [3.05, 3.63) is 146 Å². The molecule has 0 amide bonds. The van der Waals surface area contributed by atoms with Crippen LogP contribution in [0.4, 0.5) is 0 Å². The molecule has 1 N–H and O–H groups in total. The Bertz CT molecular complexity index is 2040. The number of carbonyl (C=O) groups excluding carboxylic acids is 2. The van der Waals surface area contributed by atoms with Crippen molar-refractivity contribution in [2.24, 2.45) is 0 Å². The summed E-state index contributed by atoms with van der Waals surface area (Å²) in [5, 5.41) is 9.76. The summed E-state index contributed by atoms with van der Waals surface area (Å²) in [5.74, 6) is -2.03. The topological polar surface area (TPSA) is 108 Å². The summed E-state index contributed by atoms with van der Waals surface area (Å²) in [6, 6.07) is 0. The predicted molar refractivity (Wildman–Crippen MR) is 400 cm³/mol. The lowest BCUT2D eigenvalue weighted by Gasteiger charge is -2.25. The van der Waals surface area contributed by atoms with Gasteiger partial charge in [-0.3, -0.25) is 9.59 Å². The van der Waals surface area contributed by atoms with Gasteiger partial charge in [-0.05, 0) is 122 Å². The molecule has 0 aliphatic heterocycles. The van der Waals surface area contributed by atoms with E-state index < -0.39 is 24.3 Å². The number of rotatable bonds is 69. The van der Waals surface area contributed by atoms with Gasteiger partial charge in [-0.15, -0.1) is 0 Å². The largest absolute Gasteiger partial charge is 0.477 e. The molecule has 0 rings (SSSR count). The van der Waals surface area contributed by atoms with Gasteiger partial charge in [-0.2, -0.15) is 0 Å². The third-order valence-electron chi connectivity index (χ3n) is 16.1. The van der Waals surface area contributed by atoms with Crippen LogP contribution in [0.3, 0.4) is 0 Å². The molecule has 0 aliphatic carbocycles. The maximum atomic E-state index is 13.0. The van der Waals surface area contributed by atoms with E-state index in [2.05, 4.69) is 160 Å². The van der Waals surface area contributed by atoms with Crippen molar-refractivity contribution in [1.82, 2.24) is 0 Å². The molecule has 0 aromatic heterocycles. The number of carboxylic acids is 1. The molecular formula is C84H142NO8+. The molecule has 0 aromatic rings. The number of quaternary nitrogens is 1. The summed E-state index contributed by atoms with van der Waals surface area (Å²) >= 11 is 0. The van der Waals surface area contributed by atoms with Crippen molar-refractivity contribution < 1.29 is 42.9 Å². The molecule has 93 heavy (non-hydrogen) atoms. The average Bonchev–Trinajstić information content (AvgIpc) is 3.73. The fraction of sp³-hybridized carbons (Fsp3) is 0.679. The van der Waals surface area contributed by atoms with Gasteiger partial charge in [0.05, 0.1) is 34.4 Å². The summed E-state index contributed by atoms with van der Waals surface area (Å²) in [4.78, 5) is 37.7. The van der Waals surface area contributed by atoms with Crippen LogP contribution in [0.15, 0.2) is 146 Å². The summed E-state index contributed by atoms with van der Waals surface area (Å²) < 4.78 is 23.0. The average molecular weight is 1290 g/mol. The number of carboxylic acid groups (broad SMARTS) is 1. The molecule has 0 bridgehead atoms. The molecule has 0 fully saturated rings. The fourth-order valence-electron chi connectivity index (χ4n) is 10.3. The number of carbonyl (C=O) groups is 3. The highest BCUT2D eigenvalue weighted by Gasteiger charge is 2.25. The maximum absolute atomic E-state index is 13.0. The van der Waals surface area contributed by atoms with E-state index in [1.54, 1.807) is 0 Å². The molecule has 0 heterocycles. The third-order valence-corrected chi connectivity index (χ3v) is 16.1. The van der Waals surface area contributed by atoms with E-state index in [1.165, 1.54) is 148 Å². The second-order valence-corrected chi connectivity index (χ2v) is 26.2. The van der Waals surface area contributed by atoms with Crippen LogP contribution in [-0.2, 0) is 33.3 Å². The van der Waals surface area contributed by atoms with Crippen LogP contribution in [-0.4, -0.2) is 87.4 Å². The number of nitrogens with zero attached hydrogens (tertiary/aromatic N) is 1. The van der Waals surface area contributed by atoms with Gasteiger partial charge in [-0.1, -0.05) is 320 Å². The highest BCUT2D eigenvalue weighted by molar-refractivity contribution is 5.71. The lowest BCUT2D eigenvalue weighted by Crippen LogP contribution is -2.40. The van der Waals surface area contributed by atoms with E-state index in [4.69, 9.17) is 18.9 Å². The molecule has 0 saturated carbocycles. The Labute approximate surface area is 572 Å². The molecule has 0 radical (unpaired) electrons. The zero-order valence-corrected chi connectivity index (χ0v) is 60.6. The number of esters is 2. The van der Waals surface area contributed by atoms with Crippen molar-refractivity contribution >= 4 is 17.9 Å². The van der Waals surface area contributed by atoms with Gasteiger partial charge in [0, 0.05) is 12.8 Å². The molecule has 530 valence electrons. The summed E-state index contributed by atoms with van der Waals surface area (Å²) in [6.45, 7) is 4.75. The minimum Gasteiger partial charge on any atom is -0.477 e. The van der Waals surface area contributed by atoms with Gasteiger partial charge in [0.1, 0.15) is 13.2 Å². The molecule has 9 heteroatoms. The Morgan fingerprint density at radius 3 is 0.914 bits per heavy atom. The number of ether oxygens (including phenoxy) is 4. The first-order chi connectivity index (χ1) is 45.6. The van der Waals surface area contributed by atoms with Gasteiger partial charge in [-0.25, -0.2) is 4.79 Å². The molecule has 2 atom stereocenters. The molecule has 0 aromatic carbocycles. The predicted octanol–water partition coefficient (Wildman–Crippen LogP) is 24.3. The zero-order valence-electron chi connectivity index (χ0n) is 60.6. The van der Waals surface area contributed by atoms with Crippen LogP contribution in [0.1, 0.15) is 309 Å². The summed E-state index contributed by atoms with van der Waals surface area (Å²) in [6.07, 6.45) is 104. The van der Waals surface area contributed by atoms with Crippen LogP contribution < -0.4 is 0 Å². The number of hydrogen-bond donors (Lipinski definition) is 1. The Morgan fingerprint density at radius 2 is 0.613 bits per heavy atom. The van der Waals surface area contributed by atoms with Crippen molar-refractivity contribution in [2.45, 2.75) is 322 Å². The smallest absolute Gasteiger partial charge is 0.361 e. The lowest BCUT2D eigenvalue weighted by molar-refractivity contribution is -0.870. The minimum absolute atomic E-state index is 0.178. The molecule has 0 saturated heterocycles. The Hall–Kier alpha value is -4.83. The SMILES string of the molecule is CC/C=C\C/C=C\C/C=C\C/C=C\C/C=C\C/C=C\C/C=C\C/C=C\C/C=C\C/C=C\CCCCCCCCC(=O)OC(COC(=O)CCCCCCCCCCCCCCCCCCCCC/C=C\C/C=C\CCCCCCC)COC(OCC[N+](C)(C)C)C(=O)O. The lowest BCUT2D eigenvalue weighted by atomic mass is 10.0. The van der Waals surface area contributed by atoms with E-state index in [0.29, 0.717) is 23.9 Å². The number of likely N-dealkylation sites (N-methyl/N-ethyl adjacent to an activating group) is 1. The van der Waals surface area contributed by atoms with Crippen LogP contribution in [0.25, 0.3) is 0 Å². The number of allylic oxidation sites excluding steroid dienone is 24. The summed E-state index contributed by atoms with van der Waals surface area (Å²) in [7, 11) is 5.97. The third kappa shape index (κ3) is 74.4. The Balaban J connectivity index is 4.15. The number of unbranched alkanes of at least 4 members (excludes halogenated alkanes) is 30. The van der Waals surface area contributed by atoms with Crippen LogP contribution in [0.2, 0.25) is 0 Å². The first-order valence-electron chi connectivity index (χ1n) is 38.0. The van der Waals surface area contributed by atoms with Gasteiger partial charge in [0.15, 0.2) is 6.10 Å². The van der Waals surface area contributed by atoms with Crippen molar-refractivity contribution in [1.29, 1.82) is 0 Å². The minimum atomic E-state index is -1.52. The molecule has 9 nitrogen and oxygen atoms in total. The van der Waals surface area contributed by atoms with Crippen molar-refractivity contribution in [3.63, 3.8) is 0 Å². The number of hydrogen-bond acceptors (Lipinski definition) is 7. The van der Waals surface area contributed by atoms with Gasteiger partial charge < -0.3 is 28.5 Å². The number of aliphatic carboxylic acids is 1. The van der Waals surface area contributed by atoms with Crippen LogP contribution >= 0.6 is 0 Å². The normalized spacial score (nSPS) is 13.5. The Morgan fingerprint density at radius 1 is 0.333 bits per heavy atom. The van der Waals surface area contributed by atoms with E-state index in [1.807, 2.05) is 21.1 Å². The first kappa shape index (κ1) is 88.2. The van der Waals surface area contributed by atoms with Gasteiger partial charge in [0.25, 0.3) is 6.29 Å². The Kier molecular flexibility index (Phi) is 69.2. The van der Waals surface area contributed by atoms with Crippen molar-refractivity contribution in [3.8, 4) is 0 Å². The van der Waals surface area contributed by atoms with E-state index >= 15 is 0 Å². The second kappa shape index (κ2) is 73.0. The van der Waals surface area contributed by atoms with E-state index in [0.717, 1.165) is 128 Å². The first-order valence-corrected chi connectivity index (χ1v) is 38.0. The monoisotopic (exact) mass is 1290 g/mol. The molecular weight excluding hydrogens is 1150 g/mol. The highest BCUT2D eigenvalue weighted by Crippen LogP contribution is 2.17. The van der Waals surface area contributed by atoms with Gasteiger partial charge in [0.2, 0.25) is 0 Å². The van der Waals surface area contributed by atoms with E-state index in [9.17, 15) is 19.5 Å².